The molecule has 0 aliphatic carbocycles. The van der Waals surface area contributed by atoms with E-state index in [2.05, 4.69) is 4.90 Å². The standard InChI is InChI=1S/C23H22N2O3/c26-20-10-8-19(9-11-20)24-14-16-25(17-15-24)23(27)18-6-12-22(13-7-18)28-21-4-2-1-3-5-21/h1-13,26H,14-17H2. The Bertz CT molecular complexity index is 916. The van der Waals surface area contributed by atoms with Crippen LogP contribution >= 0.6 is 0 Å². The number of rotatable bonds is 4. The molecule has 0 bridgehead atoms. The van der Waals surface area contributed by atoms with Gasteiger partial charge in [0.05, 0.1) is 0 Å². The van der Waals surface area contributed by atoms with Gasteiger partial charge in [-0.25, -0.2) is 0 Å². The molecule has 0 spiro atoms. The molecule has 1 N–H and O–H groups in total. The quantitative estimate of drug-likeness (QED) is 0.745. The van der Waals surface area contributed by atoms with Gasteiger partial charge in [-0.1, -0.05) is 18.2 Å². The van der Waals surface area contributed by atoms with Crippen molar-refractivity contribution in [2.45, 2.75) is 0 Å². The number of anilines is 1. The van der Waals surface area contributed by atoms with Gasteiger partial charge in [0, 0.05) is 37.4 Å². The van der Waals surface area contributed by atoms with Gasteiger partial charge in [0.25, 0.3) is 5.91 Å². The molecular weight excluding hydrogens is 352 g/mol. The zero-order valence-corrected chi connectivity index (χ0v) is 15.5. The molecule has 28 heavy (non-hydrogen) atoms. The molecule has 1 fully saturated rings. The smallest absolute Gasteiger partial charge is 0.253 e. The lowest BCUT2D eigenvalue weighted by Gasteiger charge is -2.36. The first-order valence-electron chi connectivity index (χ1n) is 9.35. The van der Waals surface area contributed by atoms with Gasteiger partial charge in [-0.3, -0.25) is 4.79 Å². The van der Waals surface area contributed by atoms with Crippen LogP contribution < -0.4 is 9.64 Å². The van der Waals surface area contributed by atoms with Gasteiger partial charge in [-0.2, -0.15) is 0 Å². The molecular formula is C23H22N2O3. The third-order valence-electron chi connectivity index (χ3n) is 4.86. The van der Waals surface area contributed by atoms with E-state index in [1.54, 1.807) is 12.1 Å². The molecule has 5 heteroatoms. The molecule has 5 nitrogen and oxygen atoms in total. The second-order valence-corrected chi connectivity index (χ2v) is 6.74. The summed E-state index contributed by atoms with van der Waals surface area (Å²) < 4.78 is 5.78. The first-order valence-corrected chi connectivity index (χ1v) is 9.35. The third-order valence-corrected chi connectivity index (χ3v) is 4.86. The number of carbonyl (C=O) groups is 1. The minimum absolute atomic E-state index is 0.0385. The van der Waals surface area contributed by atoms with E-state index in [0.717, 1.165) is 24.5 Å². The lowest BCUT2D eigenvalue weighted by atomic mass is 10.1. The van der Waals surface area contributed by atoms with Gasteiger partial charge in [-0.05, 0) is 60.7 Å². The second-order valence-electron chi connectivity index (χ2n) is 6.74. The van der Waals surface area contributed by atoms with Crippen LogP contribution in [0.15, 0.2) is 78.9 Å². The number of piperazine rings is 1. The largest absolute Gasteiger partial charge is 0.508 e. The monoisotopic (exact) mass is 374 g/mol. The van der Waals surface area contributed by atoms with Crippen LogP contribution in [0.2, 0.25) is 0 Å². The summed E-state index contributed by atoms with van der Waals surface area (Å²) in [5, 5.41) is 9.42. The summed E-state index contributed by atoms with van der Waals surface area (Å²) in [5.41, 5.74) is 1.73. The molecule has 142 valence electrons. The Kier molecular flexibility index (Phi) is 5.15. The first-order chi connectivity index (χ1) is 13.7. The predicted molar refractivity (Wildman–Crippen MR) is 109 cm³/mol. The SMILES string of the molecule is O=C(c1ccc(Oc2ccccc2)cc1)N1CCN(c2ccc(O)cc2)CC1. The lowest BCUT2D eigenvalue weighted by Crippen LogP contribution is -2.48. The van der Waals surface area contributed by atoms with E-state index in [0.29, 0.717) is 24.4 Å². The van der Waals surface area contributed by atoms with E-state index in [1.807, 2.05) is 71.6 Å². The van der Waals surface area contributed by atoms with Gasteiger partial charge in [-0.15, -0.1) is 0 Å². The average Bonchev–Trinajstić information content (AvgIpc) is 2.75. The molecule has 0 saturated carbocycles. The van der Waals surface area contributed by atoms with Gasteiger partial charge in [0.15, 0.2) is 0 Å². The van der Waals surface area contributed by atoms with E-state index < -0.39 is 0 Å². The van der Waals surface area contributed by atoms with Crippen molar-refractivity contribution in [3.63, 3.8) is 0 Å². The number of phenolic OH excluding ortho intramolecular Hbond substituents is 1. The summed E-state index contributed by atoms with van der Waals surface area (Å²) >= 11 is 0. The van der Waals surface area contributed by atoms with E-state index in [9.17, 15) is 9.90 Å². The Morgan fingerprint density at radius 3 is 2.00 bits per heavy atom. The molecule has 3 aromatic carbocycles. The van der Waals surface area contributed by atoms with Crippen LogP contribution in [-0.2, 0) is 0 Å². The Balaban J connectivity index is 1.35. The fourth-order valence-electron chi connectivity index (χ4n) is 3.30. The number of para-hydroxylation sites is 1. The fraction of sp³-hybridized carbons (Fsp3) is 0.174. The zero-order chi connectivity index (χ0) is 19.3. The Morgan fingerprint density at radius 2 is 1.36 bits per heavy atom. The Hall–Kier alpha value is -3.47. The molecule has 4 rings (SSSR count). The van der Waals surface area contributed by atoms with Crippen molar-refractivity contribution >= 4 is 11.6 Å². The van der Waals surface area contributed by atoms with Crippen molar-refractivity contribution < 1.29 is 14.6 Å². The normalized spacial score (nSPS) is 14.0. The second kappa shape index (κ2) is 8.05. The molecule has 1 heterocycles. The highest BCUT2D eigenvalue weighted by molar-refractivity contribution is 5.94. The Morgan fingerprint density at radius 1 is 0.750 bits per heavy atom. The minimum atomic E-state index is 0.0385. The molecule has 0 atom stereocenters. The number of nitrogens with zero attached hydrogens (tertiary/aromatic N) is 2. The molecule has 1 aliphatic heterocycles. The number of hydrogen-bond donors (Lipinski definition) is 1. The maximum Gasteiger partial charge on any atom is 0.253 e. The third kappa shape index (κ3) is 4.09. The van der Waals surface area contributed by atoms with Gasteiger partial charge in [0.2, 0.25) is 0 Å². The van der Waals surface area contributed by atoms with E-state index in [-0.39, 0.29) is 11.7 Å². The summed E-state index contributed by atoms with van der Waals surface area (Å²) in [7, 11) is 0. The number of ether oxygens (including phenoxy) is 1. The van der Waals surface area contributed by atoms with Crippen molar-refractivity contribution in [1.29, 1.82) is 0 Å². The number of hydrogen-bond acceptors (Lipinski definition) is 4. The van der Waals surface area contributed by atoms with Gasteiger partial charge < -0.3 is 19.6 Å². The van der Waals surface area contributed by atoms with Gasteiger partial charge in [0.1, 0.15) is 17.2 Å². The summed E-state index contributed by atoms with van der Waals surface area (Å²) in [6.45, 7) is 2.88. The molecule has 0 unspecified atom stereocenters. The van der Waals surface area contributed by atoms with Crippen LogP contribution in [0.25, 0.3) is 0 Å². The summed E-state index contributed by atoms with van der Waals surface area (Å²) in [6, 6.07) is 24.0. The molecule has 0 radical (unpaired) electrons. The van der Waals surface area contributed by atoms with Crippen LogP contribution in [0, 0.1) is 0 Å². The molecule has 1 saturated heterocycles. The van der Waals surface area contributed by atoms with E-state index >= 15 is 0 Å². The van der Waals surface area contributed by atoms with Crippen LogP contribution in [0.1, 0.15) is 10.4 Å². The van der Waals surface area contributed by atoms with Crippen molar-refractivity contribution in [1.82, 2.24) is 4.90 Å². The number of amides is 1. The van der Waals surface area contributed by atoms with Crippen LogP contribution in [0.3, 0.4) is 0 Å². The highest BCUT2D eigenvalue weighted by atomic mass is 16.5. The number of aromatic hydroxyl groups is 1. The molecule has 3 aromatic rings. The summed E-state index contributed by atoms with van der Waals surface area (Å²) in [4.78, 5) is 16.9. The van der Waals surface area contributed by atoms with Crippen LogP contribution in [0.4, 0.5) is 5.69 Å². The zero-order valence-electron chi connectivity index (χ0n) is 15.5. The van der Waals surface area contributed by atoms with E-state index in [1.165, 1.54) is 0 Å². The summed E-state index contributed by atoms with van der Waals surface area (Å²) in [5.74, 6) is 1.78. The highest BCUT2D eigenvalue weighted by Gasteiger charge is 2.22. The maximum atomic E-state index is 12.8. The van der Waals surface area contributed by atoms with Crippen molar-refractivity contribution in [3.8, 4) is 17.2 Å². The minimum Gasteiger partial charge on any atom is -0.508 e. The Labute approximate surface area is 164 Å². The predicted octanol–water partition coefficient (Wildman–Crippen LogP) is 4.15. The average molecular weight is 374 g/mol. The lowest BCUT2D eigenvalue weighted by molar-refractivity contribution is 0.0747. The van der Waals surface area contributed by atoms with Crippen LogP contribution in [-0.4, -0.2) is 42.1 Å². The van der Waals surface area contributed by atoms with Gasteiger partial charge >= 0.3 is 0 Å². The topological polar surface area (TPSA) is 53.0 Å². The molecule has 1 aliphatic rings. The number of carbonyl (C=O) groups excluding carboxylic acids is 1. The first kappa shape index (κ1) is 17.9. The van der Waals surface area contributed by atoms with Crippen molar-refractivity contribution in [3.05, 3.63) is 84.4 Å². The molecule has 1 amide bonds. The molecule has 0 aromatic heterocycles. The van der Waals surface area contributed by atoms with Crippen molar-refractivity contribution in [2.24, 2.45) is 0 Å². The highest BCUT2D eigenvalue weighted by Crippen LogP contribution is 2.23. The van der Waals surface area contributed by atoms with Crippen molar-refractivity contribution in [2.75, 3.05) is 31.1 Å². The summed E-state index contributed by atoms with van der Waals surface area (Å²) in [6.07, 6.45) is 0. The number of benzene rings is 3. The van der Waals surface area contributed by atoms with Crippen LogP contribution in [0.5, 0.6) is 17.2 Å². The number of phenols is 1. The van der Waals surface area contributed by atoms with E-state index in [4.69, 9.17) is 4.74 Å². The fourth-order valence-corrected chi connectivity index (χ4v) is 3.30. The maximum absolute atomic E-state index is 12.8.